The van der Waals surface area contributed by atoms with Gasteiger partial charge in [0.1, 0.15) is 0 Å². The van der Waals surface area contributed by atoms with E-state index in [1.165, 1.54) is 43.7 Å². The van der Waals surface area contributed by atoms with Crippen LogP contribution in [0.2, 0.25) is 0 Å². The van der Waals surface area contributed by atoms with Gasteiger partial charge in [0.15, 0.2) is 0 Å². The Morgan fingerprint density at radius 2 is 1.33 bits per heavy atom. The molecule has 24 heavy (non-hydrogen) atoms. The maximum absolute atomic E-state index is 2.31. The van der Waals surface area contributed by atoms with Gasteiger partial charge in [0, 0.05) is 28.7 Å². The molecule has 5 aromatic rings. The van der Waals surface area contributed by atoms with Crippen molar-refractivity contribution >= 4 is 32.6 Å². The van der Waals surface area contributed by atoms with Crippen LogP contribution in [0, 0.1) is 0 Å². The maximum atomic E-state index is 2.31. The summed E-state index contributed by atoms with van der Waals surface area (Å²) in [5, 5.41) is 5.25. The molecular weight excluding hydrogens is 290 g/mol. The lowest BCUT2D eigenvalue weighted by Gasteiger charge is -2.07. The second-order valence-electron chi connectivity index (χ2n) is 6.34. The van der Waals surface area contributed by atoms with E-state index in [2.05, 4.69) is 96.5 Å². The number of fused-ring (bicyclic) bond motifs is 5. The normalized spacial score (nSPS) is 11.5. The average Bonchev–Trinajstić information content (AvgIpc) is 2.95. The van der Waals surface area contributed by atoms with Crippen LogP contribution in [-0.4, -0.2) is 4.57 Å². The standard InChI is InChI=1S/C23H17N/c1-24-22-10-6-5-9-20(22)21-14-12-18-15-17(11-13-19(18)23(21)24)16-7-3-2-4-8-16/h2-15H,1H3. The first kappa shape index (κ1) is 13.4. The molecule has 0 aliphatic heterocycles. The minimum Gasteiger partial charge on any atom is -0.343 e. The van der Waals surface area contributed by atoms with Crippen LogP contribution < -0.4 is 0 Å². The Kier molecular flexibility index (Phi) is 2.77. The minimum atomic E-state index is 1.26. The third-order valence-electron chi connectivity index (χ3n) is 4.99. The van der Waals surface area contributed by atoms with Crippen molar-refractivity contribution < 1.29 is 0 Å². The zero-order chi connectivity index (χ0) is 16.1. The molecule has 0 atom stereocenters. The SMILES string of the molecule is Cn1c2ccccc2c2ccc3cc(-c4ccccc4)ccc3c21. The highest BCUT2D eigenvalue weighted by Gasteiger charge is 2.11. The first-order chi connectivity index (χ1) is 11.8. The van der Waals surface area contributed by atoms with Gasteiger partial charge in [-0.3, -0.25) is 0 Å². The number of aryl methyl sites for hydroxylation is 1. The Labute approximate surface area is 140 Å². The van der Waals surface area contributed by atoms with Gasteiger partial charge in [0.2, 0.25) is 0 Å². The van der Waals surface area contributed by atoms with Crippen LogP contribution >= 0.6 is 0 Å². The largest absolute Gasteiger partial charge is 0.343 e. The van der Waals surface area contributed by atoms with Gasteiger partial charge in [-0.15, -0.1) is 0 Å². The highest BCUT2D eigenvalue weighted by Crippen LogP contribution is 2.34. The van der Waals surface area contributed by atoms with Crippen LogP contribution in [0.1, 0.15) is 0 Å². The second kappa shape index (κ2) is 4.97. The summed E-state index contributed by atoms with van der Waals surface area (Å²) in [5.41, 5.74) is 5.12. The fourth-order valence-electron chi connectivity index (χ4n) is 3.82. The third-order valence-corrected chi connectivity index (χ3v) is 4.99. The zero-order valence-electron chi connectivity index (χ0n) is 13.5. The molecule has 0 radical (unpaired) electrons. The van der Waals surface area contributed by atoms with Crippen molar-refractivity contribution in [3.05, 3.63) is 84.9 Å². The molecule has 1 heterocycles. The molecule has 0 saturated carbocycles. The Morgan fingerprint density at radius 1 is 0.583 bits per heavy atom. The molecule has 1 aromatic heterocycles. The van der Waals surface area contributed by atoms with Crippen molar-refractivity contribution in [2.24, 2.45) is 7.05 Å². The predicted octanol–water partition coefficient (Wildman–Crippen LogP) is 6.15. The van der Waals surface area contributed by atoms with E-state index >= 15 is 0 Å². The zero-order valence-corrected chi connectivity index (χ0v) is 13.5. The van der Waals surface area contributed by atoms with E-state index in [1.54, 1.807) is 0 Å². The van der Waals surface area contributed by atoms with Crippen LogP contribution in [0.3, 0.4) is 0 Å². The molecule has 1 nitrogen and oxygen atoms in total. The molecule has 0 unspecified atom stereocenters. The summed E-state index contributed by atoms with van der Waals surface area (Å²) in [5.74, 6) is 0. The summed E-state index contributed by atoms with van der Waals surface area (Å²) in [7, 11) is 2.16. The Hall–Kier alpha value is -3.06. The lowest BCUT2D eigenvalue weighted by atomic mass is 9.99. The van der Waals surface area contributed by atoms with Crippen LogP contribution in [-0.2, 0) is 7.05 Å². The number of aromatic nitrogens is 1. The molecule has 0 bridgehead atoms. The summed E-state index contributed by atoms with van der Waals surface area (Å²) in [6.45, 7) is 0. The molecule has 0 fully saturated rings. The number of hydrogen-bond acceptors (Lipinski definition) is 0. The fraction of sp³-hybridized carbons (Fsp3) is 0.0435. The lowest BCUT2D eigenvalue weighted by Crippen LogP contribution is -1.88. The van der Waals surface area contributed by atoms with Crippen LogP contribution in [0.25, 0.3) is 43.7 Å². The second-order valence-corrected chi connectivity index (χ2v) is 6.34. The highest BCUT2D eigenvalue weighted by molar-refractivity contribution is 6.17. The molecule has 114 valence electrons. The van der Waals surface area contributed by atoms with Crippen molar-refractivity contribution in [1.82, 2.24) is 4.57 Å². The van der Waals surface area contributed by atoms with Crippen LogP contribution in [0.15, 0.2) is 84.9 Å². The number of para-hydroxylation sites is 1. The summed E-state index contributed by atoms with van der Waals surface area (Å²) in [6.07, 6.45) is 0. The first-order valence-electron chi connectivity index (χ1n) is 8.28. The van der Waals surface area contributed by atoms with Gasteiger partial charge in [-0.1, -0.05) is 72.8 Å². The fourth-order valence-corrected chi connectivity index (χ4v) is 3.82. The van der Waals surface area contributed by atoms with Gasteiger partial charge in [0.25, 0.3) is 0 Å². The average molecular weight is 307 g/mol. The van der Waals surface area contributed by atoms with Gasteiger partial charge in [-0.05, 0) is 28.6 Å². The van der Waals surface area contributed by atoms with Crippen LogP contribution in [0.5, 0.6) is 0 Å². The van der Waals surface area contributed by atoms with Gasteiger partial charge in [-0.25, -0.2) is 0 Å². The smallest absolute Gasteiger partial charge is 0.0568 e. The monoisotopic (exact) mass is 307 g/mol. The van der Waals surface area contributed by atoms with E-state index < -0.39 is 0 Å². The van der Waals surface area contributed by atoms with Crippen molar-refractivity contribution in [2.45, 2.75) is 0 Å². The molecule has 0 saturated heterocycles. The molecule has 0 aliphatic rings. The van der Waals surface area contributed by atoms with Crippen molar-refractivity contribution in [1.29, 1.82) is 0 Å². The Morgan fingerprint density at radius 3 is 2.21 bits per heavy atom. The quantitative estimate of drug-likeness (QED) is 0.350. The van der Waals surface area contributed by atoms with Gasteiger partial charge in [0.05, 0.1) is 5.52 Å². The summed E-state index contributed by atoms with van der Waals surface area (Å²) >= 11 is 0. The summed E-state index contributed by atoms with van der Waals surface area (Å²) < 4.78 is 2.31. The molecule has 0 amide bonds. The minimum absolute atomic E-state index is 1.26. The number of rotatable bonds is 1. The predicted molar refractivity (Wildman–Crippen MR) is 103 cm³/mol. The van der Waals surface area contributed by atoms with Gasteiger partial charge < -0.3 is 4.57 Å². The molecule has 0 N–H and O–H groups in total. The van der Waals surface area contributed by atoms with Crippen LogP contribution in [0.4, 0.5) is 0 Å². The number of hydrogen-bond donors (Lipinski definition) is 0. The Bertz CT molecular complexity index is 1200. The molecule has 1 heteroatoms. The number of nitrogens with zero attached hydrogens (tertiary/aromatic N) is 1. The molecule has 4 aromatic carbocycles. The maximum Gasteiger partial charge on any atom is 0.0568 e. The molecule has 0 spiro atoms. The molecular formula is C23H17N. The van der Waals surface area contributed by atoms with E-state index in [4.69, 9.17) is 0 Å². The molecule has 5 rings (SSSR count). The Balaban J connectivity index is 1.86. The topological polar surface area (TPSA) is 4.93 Å². The summed E-state index contributed by atoms with van der Waals surface area (Å²) in [4.78, 5) is 0. The van der Waals surface area contributed by atoms with E-state index in [9.17, 15) is 0 Å². The van der Waals surface area contributed by atoms with Gasteiger partial charge in [-0.2, -0.15) is 0 Å². The van der Waals surface area contributed by atoms with E-state index in [0.717, 1.165) is 0 Å². The summed E-state index contributed by atoms with van der Waals surface area (Å²) in [6, 6.07) is 30.5. The third kappa shape index (κ3) is 1.82. The molecule has 0 aliphatic carbocycles. The van der Waals surface area contributed by atoms with E-state index in [0.29, 0.717) is 0 Å². The number of benzene rings is 4. The van der Waals surface area contributed by atoms with Crippen molar-refractivity contribution in [3.8, 4) is 11.1 Å². The van der Waals surface area contributed by atoms with Crippen molar-refractivity contribution in [3.63, 3.8) is 0 Å². The lowest BCUT2D eigenvalue weighted by molar-refractivity contribution is 1.02. The first-order valence-corrected chi connectivity index (χ1v) is 8.28. The van der Waals surface area contributed by atoms with E-state index in [1.807, 2.05) is 0 Å². The van der Waals surface area contributed by atoms with Gasteiger partial charge >= 0.3 is 0 Å². The highest BCUT2D eigenvalue weighted by atomic mass is 14.9. The van der Waals surface area contributed by atoms with Crippen molar-refractivity contribution in [2.75, 3.05) is 0 Å². The van der Waals surface area contributed by atoms with E-state index in [-0.39, 0.29) is 0 Å².